The average molecular weight is 729 g/mol. The summed E-state index contributed by atoms with van der Waals surface area (Å²) in [6.45, 7) is 7.61. The van der Waals surface area contributed by atoms with Crippen molar-refractivity contribution < 1.29 is 23.8 Å². The monoisotopic (exact) mass is 729 g/mol. The van der Waals surface area contributed by atoms with Crippen molar-refractivity contribution in [2.24, 2.45) is 0 Å². The van der Waals surface area contributed by atoms with Crippen LogP contribution in [0.15, 0.2) is 48.6 Å². The third-order valence-electron chi connectivity index (χ3n) is 9.35. The zero-order valence-corrected chi connectivity index (χ0v) is 34.6. The van der Waals surface area contributed by atoms with Gasteiger partial charge in [0.1, 0.15) is 6.61 Å². The van der Waals surface area contributed by atoms with E-state index in [0.29, 0.717) is 19.4 Å². The van der Waals surface area contributed by atoms with Gasteiger partial charge in [-0.05, 0) is 77.0 Å². The highest BCUT2D eigenvalue weighted by Crippen LogP contribution is 2.12. The Hall–Kier alpha value is -2.14. The minimum atomic E-state index is -0.539. The lowest BCUT2D eigenvalue weighted by atomic mass is 10.1. The predicted octanol–water partition coefficient (Wildman–Crippen LogP) is 14.4. The largest absolute Gasteiger partial charge is 0.462 e. The van der Waals surface area contributed by atoms with E-state index in [-0.39, 0.29) is 25.2 Å². The summed E-state index contributed by atoms with van der Waals surface area (Å²) in [5.41, 5.74) is 0. The van der Waals surface area contributed by atoms with Crippen molar-refractivity contribution in [1.29, 1.82) is 0 Å². The molecule has 0 aromatic heterocycles. The van der Waals surface area contributed by atoms with Crippen molar-refractivity contribution in [3.8, 4) is 0 Å². The highest BCUT2D eigenvalue weighted by Gasteiger charge is 2.17. The quantitative estimate of drug-likeness (QED) is 0.0357. The Labute approximate surface area is 322 Å². The molecular weight excluding hydrogens is 645 g/mol. The van der Waals surface area contributed by atoms with E-state index < -0.39 is 6.10 Å². The van der Waals surface area contributed by atoms with Crippen LogP contribution < -0.4 is 0 Å². The number of unbranched alkanes of at least 4 members (excludes halogenated alkanes) is 21. The lowest BCUT2D eigenvalue weighted by Crippen LogP contribution is -2.30. The van der Waals surface area contributed by atoms with Gasteiger partial charge in [-0.2, -0.15) is 0 Å². The minimum absolute atomic E-state index is 0.0742. The molecule has 0 rings (SSSR count). The van der Waals surface area contributed by atoms with Crippen LogP contribution in [0.2, 0.25) is 0 Å². The number of esters is 2. The fourth-order valence-electron chi connectivity index (χ4n) is 6.05. The number of carbonyl (C=O) groups excluding carboxylic acids is 2. The molecule has 1 atom stereocenters. The smallest absolute Gasteiger partial charge is 0.306 e. The van der Waals surface area contributed by atoms with E-state index in [4.69, 9.17) is 14.2 Å². The maximum Gasteiger partial charge on any atom is 0.306 e. The fraction of sp³-hybridized carbons (Fsp3) is 0.787. The summed E-state index contributed by atoms with van der Waals surface area (Å²) < 4.78 is 17.2. The molecule has 52 heavy (non-hydrogen) atoms. The molecule has 0 aromatic rings. The van der Waals surface area contributed by atoms with Crippen LogP contribution in [0.25, 0.3) is 0 Å². The Morgan fingerprint density at radius 2 is 0.865 bits per heavy atom. The second-order valence-electron chi connectivity index (χ2n) is 14.6. The number of rotatable bonds is 40. The molecule has 0 radical (unpaired) electrons. The van der Waals surface area contributed by atoms with E-state index in [2.05, 4.69) is 69.4 Å². The highest BCUT2D eigenvalue weighted by molar-refractivity contribution is 5.70. The van der Waals surface area contributed by atoms with Gasteiger partial charge < -0.3 is 14.2 Å². The summed E-state index contributed by atoms with van der Waals surface area (Å²) in [6.07, 6.45) is 51.3. The fourth-order valence-corrected chi connectivity index (χ4v) is 6.05. The SMILES string of the molecule is CC/C=C\C/C=C\C/C=C\CCCCCCCC(=O)OCC(COCCCCCCCC/C=C\CCCCCCCC)OC(=O)CCCCCCC. The summed E-state index contributed by atoms with van der Waals surface area (Å²) in [6, 6.07) is 0. The van der Waals surface area contributed by atoms with Gasteiger partial charge in [-0.1, -0.05) is 172 Å². The minimum Gasteiger partial charge on any atom is -0.462 e. The Balaban J connectivity index is 4.10. The van der Waals surface area contributed by atoms with E-state index in [0.717, 1.165) is 77.0 Å². The van der Waals surface area contributed by atoms with E-state index >= 15 is 0 Å². The van der Waals surface area contributed by atoms with E-state index in [1.165, 1.54) is 103 Å². The van der Waals surface area contributed by atoms with Crippen LogP contribution in [0, 0.1) is 0 Å². The lowest BCUT2D eigenvalue weighted by molar-refractivity contribution is -0.163. The number of carbonyl (C=O) groups is 2. The molecule has 0 fully saturated rings. The van der Waals surface area contributed by atoms with Crippen LogP contribution in [0.1, 0.15) is 213 Å². The Bertz CT molecular complexity index is 873. The third-order valence-corrected chi connectivity index (χ3v) is 9.35. The summed E-state index contributed by atoms with van der Waals surface area (Å²) in [7, 11) is 0. The molecule has 0 aliphatic rings. The molecule has 0 aromatic carbocycles. The molecule has 0 bridgehead atoms. The molecule has 1 unspecified atom stereocenters. The maximum atomic E-state index is 12.5. The van der Waals surface area contributed by atoms with Crippen molar-refractivity contribution in [3.63, 3.8) is 0 Å². The van der Waals surface area contributed by atoms with Gasteiger partial charge in [0.15, 0.2) is 6.10 Å². The van der Waals surface area contributed by atoms with Crippen molar-refractivity contribution >= 4 is 11.9 Å². The molecule has 5 nitrogen and oxygen atoms in total. The van der Waals surface area contributed by atoms with Gasteiger partial charge in [0.25, 0.3) is 0 Å². The van der Waals surface area contributed by atoms with E-state index in [1.807, 2.05) is 0 Å². The Kier molecular flexibility index (Phi) is 41.5. The second-order valence-corrected chi connectivity index (χ2v) is 14.6. The van der Waals surface area contributed by atoms with Gasteiger partial charge >= 0.3 is 11.9 Å². The van der Waals surface area contributed by atoms with Crippen LogP contribution in [0.3, 0.4) is 0 Å². The average Bonchev–Trinajstić information content (AvgIpc) is 3.14. The molecule has 302 valence electrons. The number of hydrogen-bond donors (Lipinski definition) is 0. The third kappa shape index (κ3) is 40.6. The Morgan fingerprint density at radius 3 is 1.40 bits per heavy atom. The maximum absolute atomic E-state index is 12.5. The summed E-state index contributed by atoms with van der Waals surface area (Å²) in [5, 5.41) is 0. The number of allylic oxidation sites excluding steroid dienone is 8. The topological polar surface area (TPSA) is 61.8 Å². The van der Waals surface area contributed by atoms with Crippen LogP contribution >= 0.6 is 0 Å². The van der Waals surface area contributed by atoms with Crippen molar-refractivity contribution in [2.45, 2.75) is 219 Å². The van der Waals surface area contributed by atoms with E-state index in [9.17, 15) is 9.59 Å². The first-order valence-corrected chi connectivity index (χ1v) is 22.2. The van der Waals surface area contributed by atoms with Crippen molar-refractivity contribution in [1.82, 2.24) is 0 Å². The predicted molar refractivity (Wildman–Crippen MR) is 224 cm³/mol. The summed E-state index contributed by atoms with van der Waals surface area (Å²) in [4.78, 5) is 25.0. The Morgan fingerprint density at radius 1 is 0.442 bits per heavy atom. The first kappa shape index (κ1) is 49.9. The van der Waals surface area contributed by atoms with Crippen LogP contribution in [-0.4, -0.2) is 37.9 Å². The van der Waals surface area contributed by atoms with Crippen molar-refractivity contribution in [3.05, 3.63) is 48.6 Å². The van der Waals surface area contributed by atoms with Gasteiger partial charge in [-0.15, -0.1) is 0 Å². The molecule has 0 aliphatic carbocycles. The van der Waals surface area contributed by atoms with Crippen LogP contribution in [0.5, 0.6) is 0 Å². The summed E-state index contributed by atoms with van der Waals surface area (Å²) in [5.74, 6) is -0.431. The normalized spacial score (nSPS) is 12.6. The molecular formula is C47H84O5. The molecule has 0 saturated heterocycles. The molecule has 5 heteroatoms. The van der Waals surface area contributed by atoms with Gasteiger partial charge in [-0.3, -0.25) is 9.59 Å². The van der Waals surface area contributed by atoms with Gasteiger partial charge in [0.2, 0.25) is 0 Å². The van der Waals surface area contributed by atoms with Crippen LogP contribution in [-0.2, 0) is 23.8 Å². The van der Waals surface area contributed by atoms with E-state index in [1.54, 1.807) is 0 Å². The van der Waals surface area contributed by atoms with Crippen LogP contribution in [0.4, 0.5) is 0 Å². The standard InChI is InChI=1S/C47H84O5/c1-4-7-10-13-15-17-19-21-23-25-27-29-31-33-36-39-42-50-43-45(52-47(49)41-38-34-12-9-6-3)44-51-46(48)40-37-35-32-30-28-26-24-22-20-18-16-14-11-8-5-2/h8,11,16,18,21-24,45H,4-7,9-10,12-15,17,19-20,25-44H2,1-3H3/b11-8-,18-16-,23-21-,24-22-. The first-order valence-electron chi connectivity index (χ1n) is 22.2. The zero-order valence-electron chi connectivity index (χ0n) is 34.6. The second kappa shape index (κ2) is 43.3. The van der Waals surface area contributed by atoms with Crippen molar-refractivity contribution in [2.75, 3.05) is 19.8 Å². The zero-order chi connectivity index (χ0) is 37.8. The van der Waals surface area contributed by atoms with Gasteiger partial charge in [0, 0.05) is 19.4 Å². The molecule has 0 N–H and O–H groups in total. The highest BCUT2D eigenvalue weighted by atomic mass is 16.6. The van der Waals surface area contributed by atoms with Gasteiger partial charge in [0.05, 0.1) is 6.61 Å². The molecule has 0 aliphatic heterocycles. The number of ether oxygens (including phenoxy) is 3. The molecule has 0 spiro atoms. The first-order chi connectivity index (χ1) is 25.6. The molecule has 0 amide bonds. The molecule has 0 heterocycles. The summed E-state index contributed by atoms with van der Waals surface area (Å²) >= 11 is 0. The lowest BCUT2D eigenvalue weighted by Gasteiger charge is -2.18. The molecule has 0 saturated carbocycles. The van der Waals surface area contributed by atoms with Gasteiger partial charge in [-0.25, -0.2) is 0 Å². The number of hydrogen-bond acceptors (Lipinski definition) is 5.